The van der Waals surface area contributed by atoms with E-state index in [0.717, 1.165) is 17.7 Å². The molecule has 138 valence electrons. The molecule has 1 heterocycles. The molecule has 7 heteroatoms. The van der Waals surface area contributed by atoms with E-state index in [0.29, 0.717) is 0 Å². The summed E-state index contributed by atoms with van der Waals surface area (Å²) in [7, 11) is 0. The minimum absolute atomic E-state index is 0.279. The number of carbonyl (C=O) groups excluding carboxylic acids is 2. The van der Waals surface area contributed by atoms with Crippen LogP contribution in [0.15, 0.2) is 42.7 Å². The second-order valence-electron chi connectivity index (χ2n) is 6.30. The first kappa shape index (κ1) is 19.5. The van der Waals surface area contributed by atoms with E-state index in [1.54, 1.807) is 45.3 Å². The Morgan fingerprint density at radius 1 is 0.962 bits per heavy atom. The van der Waals surface area contributed by atoms with E-state index in [-0.39, 0.29) is 12.0 Å². The topological polar surface area (TPSA) is 71.1 Å². The molecule has 0 aliphatic rings. The van der Waals surface area contributed by atoms with Gasteiger partial charge in [0.1, 0.15) is 23.2 Å². The first-order valence-electron chi connectivity index (χ1n) is 8.26. The Labute approximate surface area is 150 Å². The van der Waals surface area contributed by atoms with E-state index < -0.39 is 35.1 Å². The smallest absolute Gasteiger partial charge is 0.257 e. The van der Waals surface area contributed by atoms with Crippen LogP contribution in [0.5, 0.6) is 0 Å². The van der Waals surface area contributed by atoms with Gasteiger partial charge in [-0.25, -0.2) is 8.78 Å². The number of amides is 2. The molecule has 2 rings (SSSR count). The van der Waals surface area contributed by atoms with Gasteiger partial charge in [0, 0.05) is 12.4 Å². The maximum absolute atomic E-state index is 13.8. The van der Waals surface area contributed by atoms with Crippen molar-refractivity contribution in [1.82, 2.24) is 15.6 Å². The first-order chi connectivity index (χ1) is 12.3. The number of hydrogen-bond acceptors (Lipinski definition) is 3. The van der Waals surface area contributed by atoms with E-state index in [4.69, 9.17) is 0 Å². The Morgan fingerprint density at radius 3 is 2.08 bits per heavy atom. The number of nitrogens with zero attached hydrogens (tertiary/aromatic N) is 1. The third-order valence-corrected chi connectivity index (χ3v) is 3.99. The zero-order valence-corrected chi connectivity index (χ0v) is 14.8. The van der Waals surface area contributed by atoms with E-state index in [1.165, 1.54) is 6.07 Å². The molecular formula is C19H21F2N3O2. The summed E-state index contributed by atoms with van der Waals surface area (Å²) in [4.78, 5) is 28.8. The molecule has 0 bridgehead atoms. The van der Waals surface area contributed by atoms with Gasteiger partial charge in [-0.2, -0.15) is 0 Å². The summed E-state index contributed by atoms with van der Waals surface area (Å²) in [6, 6.07) is 5.44. The normalized spacial score (nSPS) is 13.2. The lowest BCUT2D eigenvalue weighted by atomic mass is 10.0. The van der Waals surface area contributed by atoms with E-state index in [9.17, 15) is 18.4 Å². The molecule has 2 N–H and O–H groups in total. The first-order valence-corrected chi connectivity index (χ1v) is 8.26. The van der Waals surface area contributed by atoms with Gasteiger partial charge in [0.25, 0.3) is 5.91 Å². The molecule has 0 aliphatic carbocycles. The molecule has 0 fully saturated rings. The van der Waals surface area contributed by atoms with E-state index in [1.807, 2.05) is 0 Å². The van der Waals surface area contributed by atoms with E-state index in [2.05, 4.69) is 15.6 Å². The number of pyridine rings is 1. The highest BCUT2D eigenvalue weighted by Crippen LogP contribution is 2.15. The minimum Gasteiger partial charge on any atom is -0.348 e. The summed E-state index contributed by atoms with van der Waals surface area (Å²) in [6.07, 6.45) is 3.22. The SMILES string of the molecule is CC(NC(=O)C(NC(=O)c1c(F)cccc1F)C(C)C)c1ccncc1. The summed E-state index contributed by atoms with van der Waals surface area (Å²) < 4.78 is 27.6. The number of hydrogen-bond donors (Lipinski definition) is 2. The fourth-order valence-electron chi connectivity index (χ4n) is 2.50. The third kappa shape index (κ3) is 4.62. The predicted molar refractivity (Wildman–Crippen MR) is 93.2 cm³/mol. The summed E-state index contributed by atoms with van der Waals surface area (Å²) in [5.41, 5.74) is 0.149. The molecule has 2 aromatic rings. The Kier molecular flexibility index (Phi) is 6.38. The van der Waals surface area contributed by atoms with Gasteiger partial charge in [-0.05, 0) is 42.7 Å². The van der Waals surface area contributed by atoms with Crippen LogP contribution in [0.25, 0.3) is 0 Å². The zero-order chi connectivity index (χ0) is 19.3. The van der Waals surface area contributed by atoms with Crippen LogP contribution in [-0.2, 0) is 4.79 Å². The van der Waals surface area contributed by atoms with Crippen LogP contribution in [0.2, 0.25) is 0 Å². The summed E-state index contributed by atoms with van der Waals surface area (Å²) in [5, 5.41) is 5.22. The Balaban J connectivity index is 2.13. The van der Waals surface area contributed by atoms with Crippen molar-refractivity contribution < 1.29 is 18.4 Å². The molecule has 2 amide bonds. The third-order valence-electron chi connectivity index (χ3n) is 3.99. The van der Waals surface area contributed by atoms with Gasteiger partial charge in [0.05, 0.1) is 6.04 Å². The number of aromatic nitrogens is 1. The van der Waals surface area contributed by atoms with Crippen LogP contribution in [0, 0.1) is 17.6 Å². The van der Waals surface area contributed by atoms with Crippen LogP contribution < -0.4 is 10.6 Å². The number of carbonyl (C=O) groups is 2. The monoisotopic (exact) mass is 361 g/mol. The maximum Gasteiger partial charge on any atom is 0.257 e. The van der Waals surface area contributed by atoms with Crippen LogP contribution in [0.4, 0.5) is 8.78 Å². The number of halogens is 2. The molecule has 0 aliphatic heterocycles. The largest absolute Gasteiger partial charge is 0.348 e. The van der Waals surface area contributed by atoms with Crippen molar-refractivity contribution in [2.75, 3.05) is 0 Å². The average Bonchev–Trinajstić information content (AvgIpc) is 2.59. The molecule has 5 nitrogen and oxygen atoms in total. The van der Waals surface area contributed by atoms with Gasteiger partial charge < -0.3 is 10.6 Å². The molecule has 0 spiro atoms. The fraction of sp³-hybridized carbons (Fsp3) is 0.316. The lowest BCUT2D eigenvalue weighted by Gasteiger charge is -2.24. The van der Waals surface area contributed by atoms with Gasteiger partial charge in [0.2, 0.25) is 5.91 Å². The molecule has 26 heavy (non-hydrogen) atoms. The van der Waals surface area contributed by atoms with Crippen LogP contribution in [-0.4, -0.2) is 22.8 Å². The second-order valence-corrected chi connectivity index (χ2v) is 6.30. The highest BCUT2D eigenvalue weighted by Gasteiger charge is 2.28. The van der Waals surface area contributed by atoms with Crippen LogP contribution in [0.1, 0.15) is 42.7 Å². The minimum atomic E-state index is -0.976. The van der Waals surface area contributed by atoms with Crippen molar-refractivity contribution >= 4 is 11.8 Å². The standard InChI is InChI=1S/C19H21F2N3O2/c1-11(2)17(19(26)23-12(3)13-7-9-22-10-8-13)24-18(25)16-14(20)5-4-6-15(16)21/h4-12,17H,1-3H3,(H,23,26)(H,24,25). The Morgan fingerprint density at radius 2 is 1.54 bits per heavy atom. The van der Waals surface area contributed by atoms with Gasteiger partial charge in [-0.15, -0.1) is 0 Å². The number of rotatable bonds is 6. The van der Waals surface area contributed by atoms with Crippen LogP contribution in [0.3, 0.4) is 0 Å². The molecule has 0 radical (unpaired) electrons. The molecular weight excluding hydrogens is 340 g/mol. The van der Waals surface area contributed by atoms with Crippen molar-refractivity contribution in [2.45, 2.75) is 32.9 Å². The van der Waals surface area contributed by atoms with Gasteiger partial charge in [-0.1, -0.05) is 19.9 Å². The molecule has 1 aromatic heterocycles. The number of benzene rings is 1. The highest BCUT2D eigenvalue weighted by molar-refractivity contribution is 5.98. The molecule has 0 saturated heterocycles. The summed E-state index contributed by atoms with van der Waals surface area (Å²) in [5.74, 6) is -3.63. The average molecular weight is 361 g/mol. The molecule has 2 unspecified atom stereocenters. The summed E-state index contributed by atoms with van der Waals surface area (Å²) in [6.45, 7) is 5.27. The predicted octanol–water partition coefficient (Wildman–Crippen LogP) is 2.99. The van der Waals surface area contributed by atoms with Crippen molar-refractivity contribution in [3.05, 3.63) is 65.5 Å². The summed E-state index contributed by atoms with van der Waals surface area (Å²) >= 11 is 0. The lowest BCUT2D eigenvalue weighted by Crippen LogP contribution is -2.50. The second kappa shape index (κ2) is 8.51. The van der Waals surface area contributed by atoms with Crippen molar-refractivity contribution in [3.63, 3.8) is 0 Å². The van der Waals surface area contributed by atoms with Crippen molar-refractivity contribution in [2.24, 2.45) is 5.92 Å². The van der Waals surface area contributed by atoms with Crippen LogP contribution >= 0.6 is 0 Å². The van der Waals surface area contributed by atoms with E-state index >= 15 is 0 Å². The van der Waals surface area contributed by atoms with Gasteiger partial charge >= 0.3 is 0 Å². The Hall–Kier alpha value is -2.83. The maximum atomic E-state index is 13.8. The van der Waals surface area contributed by atoms with Crippen molar-refractivity contribution in [3.8, 4) is 0 Å². The number of nitrogens with one attached hydrogen (secondary N) is 2. The molecule has 0 saturated carbocycles. The highest BCUT2D eigenvalue weighted by atomic mass is 19.1. The fourth-order valence-corrected chi connectivity index (χ4v) is 2.50. The lowest BCUT2D eigenvalue weighted by molar-refractivity contribution is -0.124. The molecule has 1 aromatic carbocycles. The molecule has 2 atom stereocenters. The van der Waals surface area contributed by atoms with Gasteiger partial charge in [-0.3, -0.25) is 14.6 Å². The van der Waals surface area contributed by atoms with Crippen molar-refractivity contribution in [1.29, 1.82) is 0 Å². The van der Waals surface area contributed by atoms with Gasteiger partial charge in [0.15, 0.2) is 0 Å². The Bertz CT molecular complexity index is 761. The quantitative estimate of drug-likeness (QED) is 0.831. The zero-order valence-electron chi connectivity index (χ0n) is 14.8.